The number of benzene rings is 1. The molecule has 5 nitrogen and oxygen atoms in total. The average molecular weight is 319 g/mol. The number of thiazole rings is 1. The normalized spacial score (nSPS) is 11.2. The quantitative estimate of drug-likeness (QED) is 0.593. The molecule has 3 aromatic rings. The first-order valence-corrected chi connectivity index (χ1v) is 7.18. The molecule has 0 amide bonds. The fourth-order valence-corrected chi connectivity index (χ4v) is 2.47. The van der Waals surface area contributed by atoms with E-state index in [9.17, 15) is 8.78 Å². The van der Waals surface area contributed by atoms with Crippen LogP contribution in [0, 0.1) is 11.6 Å². The van der Waals surface area contributed by atoms with Crippen molar-refractivity contribution in [2.45, 2.75) is 0 Å². The number of rotatable bonds is 4. The third kappa shape index (κ3) is 3.17. The number of aromatic nitrogens is 3. The second-order valence-corrected chi connectivity index (χ2v) is 5.34. The van der Waals surface area contributed by atoms with Crippen molar-refractivity contribution in [2.75, 3.05) is 5.43 Å². The van der Waals surface area contributed by atoms with E-state index >= 15 is 0 Å². The first-order valence-electron chi connectivity index (χ1n) is 6.30. The molecule has 0 aliphatic heterocycles. The van der Waals surface area contributed by atoms with Gasteiger partial charge in [-0.1, -0.05) is 0 Å². The van der Waals surface area contributed by atoms with Crippen LogP contribution in [0.5, 0.6) is 0 Å². The van der Waals surface area contributed by atoms with Gasteiger partial charge in [0.15, 0.2) is 0 Å². The number of nitrogens with zero attached hydrogens (tertiary/aromatic N) is 4. The second-order valence-electron chi connectivity index (χ2n) is 4.48. The highest BCUT2D eigenvalue weighted by atomic mass is 32.1. The number of hydrogen-bond acceptors (Lipinski definition) is 5. The third-order valence-electron chi connectivity index (χ3n) is 2.81. The van der Waals surface area contributed by atoms with Crippen molar-refractivity contribution in [3.8, 4) is 11.3 Å². The summed E-state index contributed by atoms with van der Waals surface area (Å²) in [6.45, 7) is 0. The molecule has 0 aliphatic carbocycles. The molecule has 1 aromatic carbocycles. The Bertz CT molecular complexity index is 824. The molecule has 0 atom stereocenters. The highest BCUT2D eigenvalue weighted by molar-refractivity contribution is 7.14. The predicted octanol–water partition coefficient (Wildman–Crippen LogP) is 3.27. The largest absolute Gasteiger partial charge is 0.275 e. The number of hydrazone groups is 1. The Balaban J connectivity index is 1.74. The summed E-state index contributed by atoms with van der Waals surface area (Å²) in [5.41, 5.74) is 4.07. The number of anilines is 1. The van der Waals surface area contributed by atoms with Crippen molar-refractivity contribution in [1.82, 2.24) is 14.8 Å². The van der Waals surface area contributed by atoms with E-state index < -0.39 is 11.6 Å². The molecule has 3 rings (SSSR count). The zero-order valence-corrected chi connectivity index (χ0v) is 12.3. The van der Waals surface area contributed by atoms with Crippen LogP contribution in [-0.4, -0.2) is 21.0 Å². The topological polar surface area (TPSA) is 55.1 Å². The van der Waals surface area contributed by atoms with Crippen LogP contribution >= 0.6 is 11.3 Å². The van der Waals surface area contributed by atoms with Gasteiger partial charge in [0.05, 0.1) is 18.1 Å². The molecule has 0 bridgehead atoms. The van der Waals surface area contributed by atoms with Crippen LogP contribution in [0.1, 0.15) is 5.56 Å². The van der Waals surface area contributed by atoms with Gasteiger partial charge in [0, 0.05) is 29.8 Å². The van der Waals surface area contributed by atoms with Crippen molar-refractivity contribution < 1.29 is 8.78 Å². The van der Waals surface area contributed by atoms with Gasteiger partial charge in [0.1, 0.15) is 11.6 Å². The van der Waals surface area contributed by atoms with Crippen LogP contribution in [0.4, 0.5) is 13.9 Å². The summed E-state index contributed by atoms with van der Waals surface area (Å²) >= 11 is 1.25. The van der Waals surface area contributed by atoms with E-state index in [4.69, 9.17) is 0 Å². The van der Waals surface area contributed by atoms with E-state index in [2.05, 4.69) is 20.6 Å². The van der Waals surface area contributed by atoms with Crippen LogP contribution in [0.25, 0.3) is 11.3 Å². The predicted molar refractivity (Wildman–Crippen MR) is 81.9 cm³/mol. The van der Waals surface area contributed by atoms with E-state index in [1.54, 1.807) is 28.7 Å². The molecule has 0 aliphatic rings. The lowest BCUT2D eigenvalue weighted by Crippen LogP contribution is -1.91. The standard InChI is InChI=1S/C14H11F2N5S/c1-21-7-9(6-18-21)5-17-20-14-19-13(8-22-14)11-4-10(15)2-3-12(11)16/h2-8H,1H3,(H,19,20). The lowest BCUT2D eigenvalue weighted by atomic mass is 10.1. The Kier molecular flexibility index (Phi) is 3.92. The monoisotopic (exact) mass is 319 g/mol. The minimum Gasteiger partial charge on any atom is -0.275 e. The van der Waals surface area contributed by atoms with Crippen molar-refractivity contribution in [2.24, 2.45) is 12.1 Å². The summed E-state index contributed by atoms with van der Waals surface area (Å²) in [7, 11) is 1.81. The molecule has 112 valence electrons. The Morgan fingerprint density at radius 2 is 2.23 bits per heavy atom. The van der Waals surface area contributed by atoms with Gasteiger partial charge < -0.3 is 0 Å². The molecule has 0 spiro atoms. The zero-order valence-electron chi connectivity index (χ0n) is 11.5. The molecule has 8 heteroatoms. The molecule has 0 fully saturated rings. The van der Waals surface area contributed by atoms with Crippen molar-refractivity contribution in [3.05, 3.63) is 53.2 Å². The van der Waals surface area contributed by atoms with E-state index in [0.717, 1.165) is 23.8 Å². The Labute approximate surface area is 128 Å². The maximum atomic E-state index is 13.7. The fraction of sp³-hybridized carbons (Fsp3) is 0.0714. The van der Waals surface area contributed by atoms with Gasteiger partial charge in [-0.3, -0.25) is 10.1 Å². The number of aryl methyl sites for hydroxylation is 1. The molecule has 0 saturated heterocycles. The van der Waals surface area contributed by atoms with Gasteiger partial charge in [-0.2, -0.15) is 10.2 Å². The number of hydrogen-bond donors (Lipinski definition) is 1. The van der Waals surface area contributed by atoms with E-state index in [-0.39, 0.29) is 5.56 Å². The minimum atomic E-state index is -0.517. The highest BCUT2D eigenvalue weighted by Crippen LogP contribution is 2.27. The van der Waals surface area contributed by atoms with E-state index in [1.807, 2.05) is 7.05 Å². The molecule has 0 radical (unpaired) electrons. The summed E-state index contributed by atoms with van der Waals surface area (Å²) in [5, 5.41) is 10.2. The Morgan fingerprint density at radius 3 is 3.00 bits per heavy atom. The lowest BCUT2D eigenvalue weighted by molar-refractivity contribution is 0.603. The van der Waals surface area contributed by atoms with Crippen LogP contribution in [0.2, 0.25) is 0 Å². The van der Waals surface area contributed by atoms with Crippen LogP contribution in [0.3, 0.4) is 0 Å². The van der Waals surface area contributed by atoms with Crippen LogP contribution in [0.15, 0.2) is 41.1 Å². The third-order valence-corrected chi connectivity index (χ3v) is 3.55. The van der Waals surface area contributed by atoms with E-state index in [1.165, 1.54) is 11.3 Å². The van der Waals surface area contributed by atoms with Gasteiger partial charge in [-0.05, 0) is 18.2 Å². The second kappa shape index (κ2) is 6.02. The highest BCUT2D eigenvalue weighted by Gasteiger charge is 2.10. The van der Waals surface area contributed by atoms with Crippen molar-refractivity contribution in [1.29, 1.82) is 0 Å². The van der Waals surface area contributed by atoms with Crippen LogP contribution in [-0.2, 0) is 7.05 Å². The number of nitrogens with one attached hydrogen (secondary N) is 1. The molecule has 22 heavy (non-hydrogen) atoms. The molecule has 1 N–H and O–H groups in total. The van der Waals surface area contributed by atoms with Crippen molar-refractivity contribution >= 4 is 22.7 Å². The fourth-order valence-electron chi connectivity index (χ4n) is 1.81. The molecule has 2 heterocycles. The minimum absolute atomic E-state index is 0.125. The molecule has 2 aromatic heterocycles. The maximum Gasteiger partial charge on any atom is 0.203 e. The van der Waals surface area contributed by atoms with Gasteiger partial charge >= 0.3 is 0 Å². The zero-order chi connectivity index (χ0) is 15.5. The van der Waals surface area contributed by atoms with Crippen molar-refractivity contribution in [3.63, 3.8) is 0 Å². The summed E-state index contributed by atoms with van der Waals surface area (Å²) in [6.07, 6.45) is 5.07. The summed E-state index contributed by atoms with van der Waals surface area (Å²) in [5.74, 6) is -1.02. The average Bonchev–Trinajstić information content (AvgIpc) is 3.11. The molecular formula is C14H11F2N5S. The van der Waals surface area contributed by atoms with Gasteiger partial charge in [0.2, 0.25) is 5.13 Å². The molecular weight excluding hydrogens is 308 g/mol. The van der Waals surface area contributed by atoms with Crippen LogP contribution < -0.4 is 5.43 Å². The Morgan fingerprint density at radius 1 is 1.36 bits per heavy atom. The summed E-state index contributed by atoms with van der Waals surface area (Å²) in [4.78, 5) is 4.18. The van der Waals surface area contributed by atoms with Gasteiger partial charge in [-0.15, -0.1) is 11.3 Å². The first-order chi connectivity index (χ1) is 10.6. The summed E-state index contributed by atoms with van der Waals surface area (Å²) in [6, 6.07) is 3.27. The first kappa shape index (κ1) is 14.3. The number of halogens is 2. The molecule has 0 saturated carbocycles. The maximum absolute atomic E-state index is 13.7. The smallest absolute Gasteiger partial charge is 0.203 e. The molecule has 0 unspecified atom stereocenters. The Hall–Kier alpha value is -2.61. The van der Waals surface area contributed by atoms with E-state index in [0.29, 0.717) is 10.8 Å². The van der Waals surface area contributed by atoms with Gasteiger partial charge in [-0.25, -0.2) is 13.8 Å². The van der Waals surface area contributed by atoms with Gasteiger partial charge in [0.25, 0.3) is 0 Å². The summed E-state index contributed by atoms with van der Waals surface area (Å²) < 4.78 is 28.5. The SMILES string of the molecule is Cn1cc(C=NNc2nc(-c3cc(F)ccc3F)cs2)cn1. The lowest BCUT2D eigenvalue weighted by Gasteiger charge is -1.99.